The van der Waals surface area contributed by atoms with Crippen molar-refractivity contribution < 1.29 is 12.8 Å². The topological polar surface area (TPSA) is 58.2 Å². The smallest absolute Gasteiger partial charge is 0.240 e. The highest BCUT2D eigenvalue weighted by molar-refractivity contribution is 7.99. The van der Waals surface area contributed by atoms with Gasteiger partial charge in [-0.3, -0.25) is 0 Å². The molecule has 0 radical (unpaired) electrons. The molecule has 0 aliphatic rings. The van der Waals surface area contributed by atoms with E-state index in [1.165, 1.54) is 6.07 Å². The Labute approximate surface area is 128 Å². The minimum atomic E-state index is -3.74. The van der Waals surface area contributed by atoms with Crippen molar-refractivity contribution in [3.8, 4) is 0 Å². The fourth-order valence-corrected chi connectivity index (χ4v) is 3.21. The van der Waals surface area contributed by atoms with E-state index in [-0.39, 0.29) is 21.7 Å². The fourth-order valence-electron chi connectivity index (χ4n) is 1.49. The van der Waals surface area contributed by atoms with E-state index >= 15 is 0 Å². The van der Waals surface area contributed by atoms with E-state index in [1.54, 1.807) is 18.8 Å². The molecule has 0 heterocycles. The van der Waals surface area contributed by atoms with Crippen molar-refractivity contribution in [3.05, 3.63) is 28.5 Å². The lowest BCUT2D eigenvalue weighted by molar-refractivity contribution is 0.576. The van der Waals surface area contributed by atoms with Gasteiger partial charge in [0, 0.05) is 18.3 Å². The van der Waals surface area contributed by atoms with Gasteiger partial charge >= 0.3 is 0 Å². The molecule has 20 heavy (non-hydrogen) atoms. The molecule has 0 aliphatic heterocycles. The Balaban J connectivity index is 3.06. The van der Waals surface area contributed by atoms with E-state index in [2.05, 4.69) is 10.0 Å². The van der Waals surface area contributed by atoms with Gasteiger partial charge in [0.15, 0.2) is 0 Å². The maximum Gasteiger partial charge on any atom is 0.240 e. The lowest BCUT2D eigenvalue weighted by atomic mass is 10.2. The molecule has 0 saturated heterocycles. The van der Waals surface area contributed by atoms with Crippen LogP contribution in [0.1, 0.15) is 12.5 Å². The van der Waals surface area contributed by atoms with Crippen molar-refractivity contribution >= 4 is 33.4 Å². The second-order valence-electron chi connectivity index (χ2n) is 4.31. The van der Waals surface area contributed by atoms with E-state index in [9.17, 15) is 12.8 Å². The molecule has 1 atom stereocenters. The predicted octanol–water partition coefficient (Wildman–Crippen LogP) is 2.23. The number of halogens is 2. The third-order valence-corrected chi connectivity index (χ3v) is 5.52. The van der Waals surface area contributed by atoms with E-state index in [4.69, 9.17) is 11.6 Å². The minimum Gasteiger partial charge on any atom is -0.316 e. The molecule has 0 bridgehead atoms. The molecule has 8 heteroatoms. The quantitative estimate of drug-likeness (QED) is 0.799. The van der Waals surface area contributed by atoms with E-state index in [1.807, 2.05) is 13.2 Å². The normalized spacial score (nSPS) is 13.4. The van der Waals surface area contributed by atoms with Gasteiger partial charge in [-0.2, -0.15) is 11.8 Å². The first-order valence-electron chi connectivity index (χ1n) is 5.96. The van der Waals surface area contributed by atoms with Crippen LogP contribution >= 0.6 is 23.4 Å². The molecule has 1 unspecified atom stereocenters. The Hall–Kier alpha value is -0.340. The number of hydrogen-bond donors (Lipinski definition) is 2. The van der Waals surface area contributed by atoms with Gasteiger partial charge in [-0.05, 0) is 31.0 Å². The van der Waals surface area contributed by atoms with Crippen molar-refractivity contribution in [1.29, 1.82) is 0 Å². The molecule has 114 valence electrons. The summed E-state index contributed by atoms with van der Waals surface area (Å²) in [5.41, 5.74) is 0.410. The Kier molecular flexibility index (Phi) is 6.74. The highest BCUT2D eigenvalue weighted by Gasteiger charge is 2.19. The van der Waals surface area contributed by atoms with Crippen molar-refractivity contribution in [1.82, 2.24) is 10.0 Å². The molecule has 1 aromatic carbocycles. The summed E-state index contributed by atoms with van der Waals surface area (Å²) in [6.45, 7) is 2.48. The van der Waals surface area contributed by atoms with Gasteiger partial charge in [-0.15, -0.1) is 0 Å². The lowest BCUT2D eigenvalue weighted by Gasteiger charge is -2.12. The van der Waals surface area contributed by atoms with Crippen LogP contribution < -0.4 is 10.0 Å². The number of hydrogen-bond acceptors (Lipinski definition) is 4. The third kappa shape index (κ3) is 4.60. The van der Waals surface area contributed by atoms with Crippen molar-refractivity contribution in [3.63, 3.8) is 0 Å². The van der Waals surface area contributed by atoms with Gasteiger partial charge in [0.05, 0.1) is 9.92 Å². The van der Waals surface area contributed by atoms with Gasteiger partial charge in [0.1, 0.15) is 5.82 Å². The van der Waals surface area contributed by atoms with Gasteiger partial charge in [-0.1, -0.05) is 18.5 Å². The molecule has 0 fully saturated rings. The van der Waals surface area contributed by atoms with Crippen LogP contribution in [-0.4, -0.2) is 33.5 Å². The van der Waals surface area contributed by atoms with Crippen LogP contribution in [0.2, 0.25) is 5.02 Å². The summed E-state index contributed by atoms with van der Waals surface area (Å²) >= 11 is 7.36. The molecular formula is C12H18ClFN2O2S2. The third-order valence-electron chi connectivity index (χ3n) is 2.72. The summed E-state index contributed by atoms with van der Waals surface area (Å²) in [7, 11) is -2.06. The summed E-state index contributed by atoms with van der Waals surface area (Å²) in [5.74, 6) is -0.738. The van der Waals surface area contributed by atoms with Crippen LogP contribution in [0.3, 0.4) is 0 Å². The van der Waals surface area contributed by atoms with Crippen LogP contribution in [0.4, 0.5) is 4.39 Å². The molecule has 4 nitrogen and oxygen atoms in total. The zero-order valence-corrected chi connectivity index (χ0v) is 13.9. The van der Waals surface area contributed by atoms with Crippen LogP contribution in [0.5, 0.6) is 0 Å². The zero-order valence-electron chi connectivity index (χ0n) is 11.5. The van der Waals surface area contributed by atoms with Gasteiger partial charge in [-0.25, -0.2) is 17.5 Å². The van der Waals surface area contributed by atoms with Crippen LogP contribution in [-0.2, 0) is 16.6 Å². The molecule has 0 amide bonds. The fraction of sp³-hybridized carbons (Fsp3) is 0.500. The Morgan fingerprint density at radius 3 is 2.65 bits per heavy atom. The predicted molar refractivity (Wildman–Crippen MR) is 82.3 cm³/mol. The van der Waals surface area contributed by atoms with E-state index in [0.717, 1.165) is 6.07 Å². The van der Waals surface area contributed by atoms with E-state index in [0.29, 0.717) is 12.1 Å². The van der Waals surface area contributed by atoms with E-state index < -0.39 is 15.8 Å². The largest absolute Gasteiger partial charge is 0.316 e. The second kappa shape index (κ2) is 7.61. The first-order chi connectivity index (χ1) is 9.31. The zero-order chi connectivity index (χ0) is 15.3. The number of rotatable bonds is 7. The minimum absolute atomic E-state index is 0.0595. The Morgan fingerprint density at radius 1 is 1.45 bits per heavy atom. The molecule has 0 aromatic heterocycles. The Bertz CT molecular complexity index is 567. The highest BCUT2D eigenvalue weighted by Crippen LogP contribution is 2.24. The number of nitrogens with one attached hydrogen (secondary N) is 2. The van der Waals surface area contributed by atoms with Crippen molar-refractivity contribution in [2.45, 2.75) is 23.6 Å². The molecule has 0 aliphatic carbocycles. The lowest BCUT2D eigenvalue weighted by Crippen LogP contribution is -2.29. The number of benzene rings is 1. The summed E-state index contributed by atoms with van der Waals surface area (Å²) in [6, 6.07) is 2.32. The molecule has 0 spiro atoms. The molecule has 2 N–H and O–H groups in total. The number of thioether (sulfide) groups is 1. The average Bonchev–Trinajstić information content (AvgIpc) is 2.41. The molecule has 1 aromatic rings. The number of sulfonamides is 1. The second-order valence-corrected chi connectivity index (χ2v) is 7.73. The summed E-state index contributed by atoms with van der Waals surface area (Å²) in [4.78, 5) is -0.113. The molecular weight excluding hydrogens is 323 g/mol. The molecule has 1 rings (SSSR count). The summed E-state index contributed by atoms with van der Waals surface area (Å²) in [5, 5.41) is 2.90. The average molecular weight is 341 g/mol. The maximum atomic E-state index is 13.7. The van der Waals surface area contributed by atoms with Crippen molar-refractivity contribution in [2.24, 2.45) is 0 Å². The van der Waals surface area contributed by atoms with Crippen molar-refractivity contribution in [2.75, 3.05) is 19.8 Å². The van der Waals surface area contributed by atoms with Gasteiger partial charge < -0.3 is 5.32 Å². The van der Waals surface area contributed by atoms with Crippen LogP contribution in [0.25, 0.3) is 0 Å². The maximum absolute atomic E-state index is 13.7. The first kappa shape index (κ1) is 17.7. The summed E-state index contributed by atoms with van der Waals surface area (Å²) in [6.07, 6.45) is 1.89. The summed E-state index contributed by atoms with van der Waals surface area (Å²) < 4.78 is 40.4. The first-order valence-corrected chi connectivity index (χ1v) is 9.11. The monoisotopic (exact) mass is 340 g/mol. The SMILES string of the molecule is CNCc1cc(S(=O)(=O)NCC(C)SC)cc(F)c1Cl. The Morgan fingerprint density at radius 2 is 2.10 bits per heavy atom. The van der Waals surface area contributed by atoms with Crippen LogP contribution in [0.15, 0.2) is 17.0 Å². The van der Waals surface area contributed by atoms with Gasteiger partial charge in [0.25, 0.3) is 0 Å². The standard InChI is InChI=1S/C12H18ClFN2O2S2/c1-8(19-3)6-16-20(17,18)10-4-9(7-15-2)12(13)11(14)5-10/h4-5,8,15-16H,6-7H2,1-3H3. The molecule has 0 saturated carbocycles. The highest BCUT2D eigenvalue weighted by atomic mass is 35.5. The van der Waals surface area contributed by atoms with Gasteiger partial charge in [0.2, 0.25) is 10.0 Å². The van der Waals surface area contributed by atoms with Crippen LogP contribution in [0, 0.1) is 5.82 Å².